The highest BCUT2D eigenvalue weighted by Gasteiger charge is 2.32. The number of nitrogens with one attached hydrogen (secondary N) is 1. The van der Waals surface area contributed by atoms with Gasteiger partial charge in [-0.3, -0.25) is 9.59 Å². The lowest BCUT2D eigenvalue weighted by atomic mass is 9.87. The van der Waals surface area contributed by atoms with Crippen LogP contribution in [0, 0.1) is 12.7 Å². The Labute approximate surface area is 225 Å². The second kappa shape index (κ2) is 11.1. The highest BCUT2D eigenvalue weighted by atomic mass is 32.1. The first-order chi connectivity index (χ1) is 18.4. The molecule has 194 valence electrons. The number of rotatable bonds is 7. The van der Waals surface area contributed by atoms with Crippen LogP contribution in [0.5, 0.6) is 5.75 Å². The number of thiazole rings is 1. The van der Waals surface area contributed by atoms with Gasteiger partial charge in [0, 0.05) is 24.0 Å². The van der Waals surface area contributed by atoms with Crippen LogP contribution in [0.15, 0.2) is 72.1 Å². The minimum Gasteiger partial charge on any atom is -0.486 e. The Morgan fingerprint density at radius 1 is 1.13 bits per heavy atom. The lowest BCUT2D eigenvalue weighted by Gasteiger charge is -2.38. The Balaban J connectivity index is 1.33. The fourth-order valence-electron chi connectivity index (χ4n) is 4.65. The van der Waals surface area contributed by atoms with Gasteiger partial charge in [0.15, 0.2) is 0 Å². The lowest BCUT2D eigenvalue weighted by molar-refractivity contribution is -0.132. The van der Waals surface area contributed by atoms with Crippen LogP contribution in [0.3, 0.4) is 0 Å². The molecule has 0 radical (unpaired) electrons. The molecule has 38 heavy (non-hydrogen) atoms. The van der Waals surface area contributed by atoms with Crippen LogP contribution in [0.2, 0.25) is 0 Å². The molecule has 0 saturated carbocycles. The second-order valence-electron chi connectivity index (χ2n) is 9.24. The van der Waals surface area contributed by atoms with Crippen molar-refractivity contribution in [3.05, 3.63) is 111 Å². The molecule has 0 saturated heterocycles. The highest BCUT2D eigenvalue weighted by molar-refractivity contribution is 7.09. The summed E-state index contributed by atoms with van der Waals surface area (Å²) in [7, 11) is 0. The van der Waals surface area contributed by atoms with Gasteiger partial charge in [0.25, 0.3) is 5.91 Å². The first-order valence-electron chi connectivity index (χ1n) is 12.5. The van der Waals surface area contributed by atoms with E-state index in [0.29, 0.717) is 35.1 Å². The second-order valence-corrected chi connectivity index (χ2v) is 10.2. The van der Waals surface area contributed by atoms with Crippen molar-refractivity contribution in [3.63, 3.8) is 0 Å². The fraction of sp³-hybridized carbons (Fsp3) is 0.233. The summed E-state index contributed by atoms with van der Waals surface area (Å²) < 4.78 is 20.2. The molecule has 0 fully saturated rings. The molecule has 0 spiro atoms. The van der Waals surface area contributed by atoms with Gasteiger partial charge >= 0.3 is 0 Å². The normalized spacial score (nSPS) is 14.6. The number of anilines is 1. The highest BCUT2D eigenvalue weighted by Crippen LogP contribution is 2.38. The van der Waals surface area contributed by atoms with Gasteiger partial charge in [0.2, 0.25) is 5.91 Å². The van der Waals surface area contributed by atoms with Crippen molar-refractivity contribution in [2.75, 3.05) is 11.9 Å². The number of halogens is 1. The van der Waals surface area contributed by atoms with E-state index in [-0.39, 0.29) is 30.3 Å². The number of carbonyl (C=O) groups excluding carboxylic acids is 2. The van der Waals surface area contributed by atoms with Crippen LogP contribution >= 0.6 is 11.3 Å². The van der Waals surface area contributed by atoms with E-state index in [0.717, 1.165) is 28.7 Å². The van der Waals surface area contributed by atoms with Gasteiger partial charge in [-0.1, -0.05) is 42.8 Å². The summed E-state index contributed by atoms with van der Waals surface area (Å²) in [5.74, 6) is 0.0351. The van der Waals surface area contributed by atoms with E-state index in [2.05, 4.69) is 10.3 Å². The predicted molar refractivity (Wildman–Crippen MR) is 146 cm³/mol. The number of hydrogen-bond donors (Lipinski definition) is 1. The Morgan fingerprint density at radius 2 is 1.95 bits per heavy atom. The standard InChI is InChI=1S/C30H28FN3O3S/c1-3-28(35)34-14-13-20-9-12-24(16-25(20)29(34)21-5-4-6-22(31)15-21)37-17-27-33-26(18-38-27)30(36)32-23-10-7-19(2)8-11-23/h4-12,15-16,18,29H,3,13-14,17H2,1-2H3,(H,32,36). The van der Waals surface area contributed by atoms with E-state index in [1.165, 1.54) is 23.5 Å². The average molecular weight is 530 g/mol. The lowest BCUT2D eigenvalue weighted by Crippen LogP contribution is -2.40. The maximum Gasteiger partial charge on any atom is 0.275 e. The zero-order valence-corrected chi connectivity index (χ0v) is 22.1. The Hall–Kier alpha value is -4.04. The Kier molecular flexibility index (Phi) is 7.51. The van der Waals surface area contributed by atoms with Crippen molar-refractivity contribution >= 4 is 28.8 Å². The molecule has 1 atom stereocenters. The van der Waals surface area contributed by atoms with Crippen LogP contribution < -0.4 is 10.1 Å². The molecular weight excluding hydrogens is 501 g/mol. The molecule has 2 amide bonds. The topological polar surface area (TPSA) is 71.5 Å². The molecule has 1 aromatic heterocycles. The molecule has 1 aliphatic rings. The van der Waals surface area contributed by atoms with E-state index >= 15 is 0 Å². The van der Waals surface area contributed by atoms with E-state index < -0.39 is 0 Å². The molecule has 8 heteroatoms. The van der Waals surface area contributed by atoms with Crippen molar-refractivity contribution in [3.8, 4) is 5.75 Å². The van der Waals surface area contributed by atoms with Crippen LogP contribution in [-0.2, 0) is 17.8 Å². The first-order valence-corrected chi connectivity index (χ1v) is 13.4. The maximum absolute atomic E-state index is 14.1. The number of amides is 2. The van der Waals surface area contributed by atoms with Gasteiger partial charge in [-0.15, -0.1) is 11.3 Å². The number of hydrogen-bond acceptors (Lipinski definition) is 5. The Morgan fingerprint density at radius 3 is 2.71 bits per heavy atom. The van der Waals surface area contributed by atoms with E-state index in [1.807, 2.05) is 67.3 Å². The number of benzene rings is 3. The molecule has 1 aliphatic heterocycles. The van der Waals surface area contributed by atoms with Crippen molar-refractivity contribution < 1.29 is 18.7 Å². The van der Waals surface area contributed by atoms with Gasteiger partial charge in [-0.2, -0.15) is 0 Å². The summed E-state index contributed by atoms with van der Waals surface area (Å²) in [5.41, 5.74) is 4.93. The molecule has 1 unspecified atom stereocenters. The summed E-state index contributed by atoms with van der Waals surface area (Å²) in [6, 6.07) is 19.4. The van der Waals surface area contributed by atoms with E-state index in [1.54, 1.807) is 11.4 Å². The third-order valence-electron chi connectivity index (χ3n) is 6.59. The number of fused-ring (bicyclic) bond motifs is 1. The molecule has 0 bridgehead atoms. The molecule has 2 heterocycles. The minimum atomic E-state index is -0.387. The van der Waals surface area contributed by atoms with Crippen LogP contribution in [-0.4, -0.2) is 28.2 Å². The van der Waals surface area contributed by atoms with Crippen LogP contribution in [0.1, 0.15) is 57.1 Å². The largest absolute Gasteiger partial charge is 0.486 e. The molecule has 5 rings (SSSR count). The van der Waals surface area contributed by atoms with Gasteiger partial charge in [-0.25, -0.2) is 9.37 Å². The van der Waals surface area contributed by atoms with E-state index in [4.69, 9.17) is 4.74 Å². The zero-order chi connectivity index (χ0) is 26.6. The van der Waals surface area contributed by atoms with E-state index in [9.17, 15) is 14.0 Å². The van der Waals surface area contributed by atoms with Crippen molar-refractivity contribution in [1.29, 1.82) is 0 Å². The molecule has 3 aromatic carbocycles. The summed E-state index contributed by atoms with van der Waals surface area (Å²) in [6.07, 6.45) is 1.10. The smallest absolute Gasteiger partial charge is 0.275 e. The number of aryl methyl sites for hydroxylation is 1. The predicted octanol–water partition coefficient (Wildman–Crippen LogP) is 6.31. The van der Waals surface area contributed by atoms with Gasteiger partial charge < -0.3 is 15.0 Å². The summed E-state index contributed by atoms with van der Waals surface area (Å²) in [4.78, 5) is 31.6. The van der Waals surface area contributed by atoms with Gasteiger partial charge in [0.05, 0.1) is 6.04 Å². The third kappa shape index (κ3) is 5.60. The minimum absolute atomic E-state index is 0.0236. The zero-order valence-electron chi connectivity index (χ0n) is 21.2. The number of nitrogens with zero attached hydrogens (tertiary/aromatic N) is 2. The van der Waals surface area contributed by atoms with Gasteiger partial charge in [-0.05, 0) is 66.4 Å². The summed E-state index contributed by atoms with van der Waals surface area (Å²) in [5, 5.41) is 5.23. The van der Waals surface area contributed by atoms with Crippen LogP contribution in [0.4, 0.5) is 10.1 Å². The molecule has 4 aromatic rings. The SMILES string of the molecule is CCC(=O)N1CCc2ccc(OCc3nc(C(=O)Nc4ccc(C)cc4)cs3)cc2C1c1cccc(F)c1. The summed E-state index contributed by atoms with van der Waals surface area (Å²) in [6.45, 7) is 4.60. The maximum atomic E-state index is 14.1. The summed E-state index contributed by atoms with van der Waals surface area (Å²) >= 11 is 1.35. The van der Waals surface area contributed by atoms with Gasteiger partial charge in [0.1, 0.15) is 28.9 Å². The number of aromatic nitrogens is 1. The number of carbonyl (C=O) groups is 2. The molecule has 6 nitrogen and oxygen atoms in total. The molecule has 0 aliphatic carbocycles. The molecule has 1 N–H and O–H groups in total. The van der Waals surface area contributed by atoms with Crippen molar-refractivity contribution in [2.45, 2.75) is 39.3 Å². The quantitative estimate of drug-likeness (QED) is 0.305. The molecular formula is C30H28FN3O3S. The Bertz CT molecular complexity index is 1470. The monoisotopic (exact) mass is 529 g/mol. The average Bonchev–Trinajstić information content (AvgIpc) is 3.41. The van der Waals surface area contributed by atoms with Crippen molar-refractivity contribution in [2.24, 2.45) is 0 Å². The first kappa shape index (κ1) is 25.6. The number of ether oxygens (including phenoxy) is 1. The third-order valence-corrected chi connectivity index (χ3v) is 7.41. The van der Waals surface area contributed by atoms with Crippen LogP contribution in [0.25, 0.3) is 0 Å². The fourth-order valence-corrected chi connectivity index (χ4v) is 5.33. The van der Waals surface area contributed by atoms with Crippen molar-refractivity contribution in [1.82, 2.24) is 9.88 Å².